The van der Waals surface area contributed by atoms with Gasteiger partial charge < -0.3 is 19.9 Å². The molecule has 2 N–H and O–H groups in total. The fraction of sp³-hybridized carbons (Fsp3) is 0.517. The molecule has 0 saturated heterocycles. The Morgan fingerprint density at radius 1 is 0.562 bits per heavy atom. The van der Waals surface area contributed by atoms with E-state index in [4.69, 9.17) is 0 Å². The van der Waals surface area contributed by atoms with Crippen molar-refractivity contribution in [1.29, 1.82) is 0 Å². The summed E-state index contributed by atoms with van der Waals surface area (Å²) < 4.78 is 2.00. The van der Waals surface area contributed by atoms with Gasteiger partial charge >= 0.3 is 0 Å². The second-order valence-electron chi connectivity index (χ2n) is 21.2. The summed E-state index contributed by atoms with van der Waals surface area (Å²) >= 11 is 16.9. The molecule has 0 radical (unpaired) electrons. The number of H-pyrrole nitrogens is 1. The van der Waals surface area contributed by atoms with Crippen LogP contribution in [0.3, 0.4) is 0 Å². The van der Waals surface area contributed by atoms with Crippen molar-refractivity contribution in [1.82, 2.24) is 14.8 Å². The van der Waals surface area contributed by atoms with Crippen LogP contribution in [0, 0.1) is 35.5 Å². The molecule has 0 aromatic carbocycles. The highest BCUT2D eigenvalue weighted by Crippen LogP contribution is 2.50. The van der Waals surface area contributed by atoms with Gasteiger partial charge in [0.1, 0.15) is 0 Å². The minimum atomic E-state index is -0.302. The van der Waals surface area contributed by atoms with E-state index in [1.54, 1.807) is 22.7 Å². The number of amides is 3. The molecule has 0 saturated carbocycles. The number of nitrogens with one attached hydrogen (secondary N) is 1. The lowest BCUT2D eigenvalue weighted by atomic mass is 9.97. The van der Waals surface area contributed by atoms with Crippen molar-refractivity contribution in [3.63, 3.8) is 0 Å². The fourth-order valence-electron chi connectivity index (χ4n) is 9.50. The van der Waals surface area contributed by atoms with Crippen LogP contribution in [0.4, 0.5) is 0 Å². The largest absolute Gasteiger partial charge is 0.494 e. The highest BCUT2D eigenvalue weighted by Gasteiger charge is 2.49. The molecule has 5 aromatic heterocycles. The predicted octanol–water partition coefficient (Wildman–Crippen LogP) is 18.6. The third-order valence-electron chi connectivity index (χ3n) is 13.7. The number of aromatic nitrogens is 1. The average Bonchev–Trinajstić information content (AvgIpc) is 4.20. The molecule has 0 bridgehead atoms. The van der Waals surface area contributed by atoms with E-state index in [1.807, 2.05) is 69.1 Å². The number of alkyl halides is 1. The van der Waals surface area contributed by atoms with Gasteiger partial charge in [-0.1, -0.05) is 148 Å². The van der Waals surface area contributed by atoms with Crippen LogP contribution in [0.15, 0.2) is 83.0 Å². The van der Waals surface area contributed by atoms with E-state index < -0.39 is 0 Å². The molecule has 0 aliphatic carbocycles. The Hall–Kier alpha value is -2.92. The number of aromatic amines is 1. The first-order valence-corrected chi connectivity index (χ1v) is 32.4. The minimum Gasteiger partial charge on any atom is -0.494 e. The Morgan fingerprint density at radius 3 is 1.38 bits per heavy atom. The number of halogens is 3. The average molecular weight is 1260 g/mol. The van der Waals surface area contributed by atoms with Gasteiger partial charge in [0.2, 0.25) is 0 Å². The number of hydrogen-bond donors (Lipinski definition) is 2. The van der Waals surface area contributed by atoms with Gasteiger partial charge in [0.15, 0.2) is 5.88 Å². The number of hydrogen-bond acceptors (Lipinski definition) is 8. The third kappa shape index (κ3) is 15.8. The van der Waals surface area contributed by atoms with Gasteiger partial charge in [0.05, 0.1) is 72.2 Å². The van der Waals surface area contributed by atoms with Crippen molar-refractivity contribution < 1.29 is 19.5 Å². The zero-order chi connectivity index (χ0) is 52.9. The van der Waals surface area contributed by atoms with E-state index >= 15 is 0 Å². The molecule has 3 aliphatic heterocycles. The van der Waals surface area contributed by atoms with Crippen molar-refractivity contribution in [3.8, 4) is 16.5 Å². The Labute approximate surface area is 476 Å². The normalized spacial score (nSPS) is 15.7. The number of fused-ring (bicyclic) bond motifs is 2. The summed E-state index contributed by atoms with van der Waals surface area (Å²) in [4.78, 5) is 55.5. The van der Waals surface area contributed by atoms with Crippen LogP contribution < -0.4 is 0 Å². The standard InChI is InChI=1S/C34H46Br2N2O2S2.C14H8N2O2S2.C10H21Br/c1-21(2)9-7-11-23(5)17-19-37-31(25-13-15-27(35)41-25)29-30(33(37)39)32(26-14-16-28(36)42-26)38(34(29)40)20-18-24(6)12-8-10-22(3)4;17-13-9-10(12(16-13)8-4-2-6-20-8)14(18)15-11(9)7-3-1-5-19-7;1-9(2)5-4-6-10(3)7-8-11/h13-16,21-24H,7-12,17-20H2,1-6H3;1-6,15,18H;9-10H,4-8H2,1-3H3/t23-,24-;;10-/m0.0/s1. The van der Waals surface area contributed by atoms with E-state index in [-0.39, 0.29) is 23.6 Å². The second-order valence-corrected chi connectivity index (χ2v) is 28.8. The first kappa shape index (κ1) is 59.3. The van der Waals surface area contributed by atoms with Crippen LogP contribution in [-0.2, 0) is 9.59 Å². The van der Waals surface area contributed by atoms with Crippen molar-refractivity contribution in [2.45, 2.75) is 139 Å². The second kappa shape index (κ2) is 28.5. The molecule has 15 heteroatoms. The van der Waals surface area contributed by atoms with Gasteiger partial charge in [0, 0.05) is 18.4 Å². The van der Waals surface area contributed by atoms with Crippen LogP contribution in [0.2, 0.25) is 0 Å². The summed E-state index contributed by atoms with van der Waals surface area (Å²) in [6.07, 6.45) is 14.6. The molecule has 3 amide bonds. The van der Waals surface area contributed by atoms with Crippen molar-refractivity contribution in [2.75, 3.05) is 18.4 Å². The highest BCUT2D eigenvalue weighted by atomic mass is 79.9. The molecule has 8 rings (SSSR count). The number of carbonyl (C=O) groups is 3. The van der Waals surface area contributed by atoms with Crippen LogP contribution in [0.25, 0.3) is 22.0 Å². The van der Waals surface area contributed by atoms with Gasteiger partial charge in [-0.2, -0.15) is 0 Å². The third-order valence-corrected chi connectivity index (χ3v) is 19.2. The first-order valence-electron chi connectivity index (χ1n) is 26.3. The zero-order valence-corrected chi connectivity index (χ0v) is 52.1. The Kier molecular flexibility index (Phi) is 23.1. The molecule has 73 heavy (non-hydrogen) atoms. The topological polar surface area (TPSA) is 106 Å². The van der Waals surface area contributed by atoms with E-state index in [1.165, 1.54) is 74.0 Å². The van der Waals surface area contributed by atoms with Gasteiger partial charge in [-0.05, 0) is 134 Å². The summed E-state index contributed by atoms with van der Waals surface area (Å²) in [5.74, 6) is 3.89. The number of aromatic hydroxyl groups is 1. The smallest absolute Gasteiger partial charge is 0.280 e. The molecule has 5 aromatic rings. The monoisotopic (exact) mass is 1260 g/mol. The quantitative estimate of drug-likeness (QED) is 0.0600. The number of nitrogens with zero attached hydrogens (tertiary/aromatic N) is 3. The molecule has 8 heterocycles. The fourth-order valence-corrected chi connectivity index (χ4v) is 14.6. The molecule has 8 nitrogen and oxygen atoms in total. The highest BCUT2D eigenvalue weighted by molar-refractivity contribution is 9.11. The maximum Gasteiger partial charge on any atom is 0.280 e. The van der Waals surface area contributed by atoms with Gasteiger partial charge in [-0.3, -0.25) is 14.4 Å². The molecule has 0 spiro atoms. The number of rotatable bonds is 24. The van der Waals surface area contributed by atoms with Crippen molar-refractivity contribution in [3.05, 3.63) is 104 Å². The van der Waals surface area contributed by atoms with Crippen molar-refractivity contribution in [2.24, 2.45) is 40.5 Å². The summed E-state index contributed by atoms with van der Waals surface area (Å²) in [7, 11) is 0. The van der Waals surface area contributed by atoms with Crippen LogP contribution >= 0.6 is 93.1 Å². The summed E-state index contributed by atoms with van der Waals surface area (Å²) in [6, 6.07) is 15.7. The van der Waals surface area contributed by atoms with Crippen LogP contribution in [-0.4, -0.2) is 61.7 Å². The maximum absolute atomic E-state index is 14.4. The molecular weight excluding hydrogens is 1180 g/mol. The summed E-state index contributed by atoms with van der Waals surface area (Å²) in [5.41, 5.74) is 4.96. The lowest BCUT2D eigenvalue weighted by Gasteiger charge is -2.26. The molecule has 3 aliphatic rings. The lowest BCUT2D eigenvalue weighted by molar-refractivity contribution is -0.124. The van der Waals surface area contributed by atoms with Crippen LogP contribution in [0.5, 0.6) is 5.88 Å². The van der Waals surface area contributed by atoms with Gasteiger partial charge in [-0.15, -0.1) is 45.3 Å². The molecule has 3 atom stereocenters. The zero-order valence-electron chi connectivity index (χ0n) is 44.1. The van der Waals surface area contributed by atoms with E-state index in [9.17, 15) is 19.5 Å². The lowest BCUT2D eigenvalue weighted by Crippen LogP contribution is -2.31. The van der Waals surface area contributed by atoms with E-state index in [2.05, 4.69) is 120 Å². The molecule has 0 fully saturated rings. The first-order chi connectivity index (χ1) is 34.9. The molecule has 0 unspecified atom stereocenters. The van der Waals surface area contributed by atoms with E-state index in [0.717, 1.165) is 81.3 Å². The van der Waals surface area contributed by atoms with Crippen LogP contribution in [0.1, 0.15) is 170 Å². The number of aliphatic imine (C=N–C) groups is 1. The molecule has 396 valence electrons. The SMILES string of the molecule is CC(C)CCC[C@H](C)CCBr.CC(C)CCC[C@H](C)CCN1C(=O)C2=C(c3ccc(Br)s3)N(CC[C@@H](C)CCCC(C)C)C(=O)C2=C1c1ccc(Br)s1.O=C1N=C(c2cccs2)c2c(O)[nH]c(-c3cccs3)c21. The van der Waals surface area contributed by atoms with Crippen molar-refractivity contribution >= 4 is 128 Å². The summed E-state index contributed by atoms with van der Waals surface area (Å²) in [5, 5.41) is 15.2. The van der Waals surface area contributed by atoms with Gasteiger partial charge in [0.25, 0.3) is 17.7 Å². The Morgan fingerprint density at radius 2 is 1.00 bits per heavy atom. The maximum atomic E-state index is 14.4. The number of carbonyl (C=O) groups excluding carboxylic acids is 3. The predicted molar refractivity (Wildman–Crippen MR) is 323 cm³/mol. The Bertz CT molecular complexity index is 2590. The van der Waals surface area contributed by atoms with E-state index in [0.29, 0.717) is 70.4 Å². The summed E-state index contributed by atoms with van der Waals surface area (Å²) in [6.45, 7) is 21.9. The minimum absolute atomic E-state index is 0.00130. The molecular formula is C58H75Br3N4O4S4. The van der Waals surface area contributed by atoms with Gasteiger partial charge in [-0.25, -0.2) is 4.99 Å². The number of thiophene rings is 4. The Balaban J connectivity index is 0.000000228.